The van der Waals surface area contributed by atoms with Crippen LogP contribution in [-0.2, 0) is 4.74 Å². The third-order valence-corrected chi connectivity index (χ3v) is 3.07. The number of carbonyl (C=O) groups is 1. The summed E-state index contributed by atoms with van der Waals surface area (Å²) in [5, 5.41) is 9.52. The first-order valence-corrected chi connectivity index (χ1v) is 6.79. The first-order valence-electron chi connectivity index (χ1n) is 6.79. The van der Waals surface area contributed by atoms with E-state index in [1.165, 1.54) is 12.8 Å². The Balaban J connectivity index is 1.85. The predicted octanol–water partition coefficient (Wildman–Crippen LogP) is 2.42. The molecule has 1 aromatic rings. The van der Waals surface area contributed by atoms with Crippen molar-refractivity contribution in [2.75, 3.05) is 30.3 Å². The molecule has 1 aliphatic rings. The molecule has 5 heteroatoms. The average Bonchev–Trinajstić information content (AvgIpc) is 2.42. The van der Waals surface area contributed by atoms with E-state index in [1.54, 1.807) is 6.92 Å². The van der Waals surface area contributed by atoms with Crippen molar-refractivity contribution in [2.24, 2.45) is 0 Å². The molecular formula is C14H21N3O2. The van der Waals surface area contributed by atoms with Crippen LogP contribution < -0.4 is 16.0 Å². The molecule has 1 fully saturated rings. The van der Waals surface area contributed by atoms with E-state index in [1.807, 2.05) is 24.3 Å². The second kappa shape index (κ2) is 6.99. The van der Waals surface area contributed by atoms with E-state index < -0.39 is 6.09 Å². The van der Waals surface area contributed by atoms with E-state index in [4.69, 9.17) is 4.74 Å². The predicted molar refractivity (Wildman–Crippen MR) is 76.6 cm³/mol. The summed E-state index contributed by atoms with van der Waals surface area (Å²) in [5.41, 5.74) is 1.81. The van der Waals surface area contributed by atoms with Crippen molar-refractivity contribution in [3.8, 4) is 0 Å². The van der Waals surface area contributed by atoms with Gasteiger partial charge in [-0.1, -0.05) is 0 Å². The van der Waals surface area contributed by atoms with Gasteiger partial charge < -0.3 is 15.4 Å². The molecule has 1 saturated heterocycles. The maximum atomic E-state index is 11.3. The Hall–Kier alpha value is -1.75. The molecule has 1 atom stereocenters. The summed E-state index contributed by atoms with van der Waals surface area (Å²) in [6, 6.07) is 8.16. The molecule has 0 aromatic heterocycles. The van der Waals surface area contributed by atoms with E-state index >= 15 is 0 Å². The number of carbonyl (C=O) groups excluding carboxylic acids is 1. The molecule has 1 aromatic carbocycles. The fourth-order valence-corrected chi connectivity index (χ4v) is 2.15. The van der Waals surface area contributed by atoms with Crippen LogP contribution in [0.2, 0.25) is 0 Å². The number of hydrogen-bond donors (Lipinski definition) is 3. The first kappa shape index (κ1) is 13.7. The monoisotopic (exact) mass is 263 g/mol. The average molecular weight is 263 g/mol. The highest BCUT2D eigenvalue weighted by Gasteiger charge is 2.12. The first-order chi connectivity index (χ1) is 9.28. The highest BCUT2D eigenvalue weighted by atomic mass is 16.5. The van der Waals surface area contributed by atoms with Gasteiger partial charge in [-0.15, -0.1) is 0 Å². The summed E-state index contributed by atoms with van der Waals surface area (Å²) >= 11 is 0. The fraction of sp³-hybridized carbons (Fsp3) is 0.500. The van der Waals surface area contributed by atoms with Gasteiger partial charge in [0, 0.05) is 24.0 Å². The second-order valence-corrected chi connectivity index (χ2v) is 4.61. The Morgan fingerprint density at radius 3 is 2.74 bits per heavy atom. The van der Waals surface area contributed by atoms with Gasteiger partial charge in [-0.2, -0.15) is 0 Å². The molecule has 1 heterocycles. The third-order valence-electron chi connectivity index (χ3n) is 3.07. The lowest BCUT2D eigenvalue weighted by molar-refractivity contribution is 0.168. The van der Waals surface area contributed by atoms with Crippen LogP contribution in [0.1, 0.15) is 19.8 Å². The van der Waals surface area contributed by atoms with Crippen molar-refractivity contribution in [2.45, 2.75) is 25.8 Å². The van der Waals surface area contributed by atoms with Crippen LogP contribution in [-0.4, -0.2) is 31.8 Å². The number of piperidine rings is 1. The van der Waals surface area contributed by atoms with Crippen molar-refractivity contribution in [1.82, 2.24) is 5.32 Å². The number of rotatable bonds is 4. The molecule has 19 heavy (non-hydrogen) atoms. The maximum Gasteiger partial charge on any atom is 0.411 e. The van der Waals surface area contributed by atoms with E-state index in [9.17, 15) is 4.79 Å². The minimum atomic E-state index is -0.417. The van der Waals surface area contributed by atoms with Gasteiger partial charge in [-0.25, -0.2) is 4.79 Å². The minimum absolute atomic E-state index is 0.375. The van der Waals surface area contributed by atoms with Crippen LogP contribution in [0, 0.1) is 0 Å². The van der Waals surface area contributed by atoms with Crippen LogP contribution in [0.15, 0.2) is 24.3 Å². The molecule has 0 radical (unpaired) electrons. The number of ether oxygens (including phenoxy) is 1. The summed E-state index contributed by atoms with van der Waals surface area (Å²) in [6.45, 7) is 4.27. The second-order valence-electron chi connectivity index (χ2n) is 4.61. The zero-order valence-corrected chi connectivity index (χ0v) is 11.2. The Morgan fingerprint density at radius 1 is 1.37 bits per heavy atom. The van der Waals surface area contributed by atoms with Gasteiger partial charge in [0.25, 0.3) is 0 Å². The molecule has 1 unspecified atom stereocenters. The highest BCUT2D eigenvalue weighted by Crippen LogP contribution is 2.16. The van der Waals surface area contributed by atoms with Crippen molar-refractivity contribution >= 4 is 17.5 Å². The van der Waals surface area contributed by atoms with Crippen molar-refractivity contribution in [3.63, 3.8) is 0 Å². The van der Waals surface area contributed by atoms with Gasteiger partial charge in [0.15, 0.2) is 0 Å². The quantitative estimate of drug-likeness (QED) is 0.780. The minimum Gasteiger partial charge on any atom is -0.450 e. The number of hydrogen-bond acceptors (Lipinski definition) is 4. The Labute approximate surface area is 113 Å². The molecule has 5 nitrogen and oxygen atoms in total. The van der Waals surface area contributed by atoms with Gasteiger partial charge in [-0.3, -0.25) is 5.32 Å². The molecule has 0 saturated carbocycles. The standard InChI is InChI=1S/C14H21N3O2/c1-2-19-14(18)17-12-7-5-11(6-8-12)16-13-4-3-9-15-10-13/h5-8,13,15-16H,2-4,9-10H2,1H3,(H,17,18). The summed E-state index contributed by atoms with van der Waals surface area (Å²) in [6.07, 6.45) is 1.98. The van der Waals surface area contributed by atoms with Gasteiger partial charge >= 0.3 is 6.09 Å². The van der Waals surface area contributed by atoms with Crippen LogP contribution in [0.3, 0.4) is 0 Å². The third kappa shape index (κ3) is 4.44. The Kier molecular flexibility index (Phi) is 5.03. The van der Waals surface area contributed by atoms with Crippen LogP contribution in [0.5, 0.6) is 0 Å². The molecule has 3 N–H and O–H groups in total. The van der Waals surface area contributed by atoms with Crippen molar-refractivity contribution in [3.05, 3.63) is 24.3 Å². The molecule has 0 spiro atoms. The SMILES string of the molecule is CCOC(=O)Nc1ccc(NC2CCCNC2)cc1. The topological polar surface area (TPSA) is 62.4 Å². The number of benzene rings is 1. The van der Waals surface area contributed by atoms with E-state index in [0.29, 0.717) is 12.6 Å². The maximum absolute atomic E-state index is 11.3. The lowest BCUT2D eigenvalue weighted by Crippen LogP contribution is -2.38. The highest BCUT2D eigenvalue weighted by molar-refractivity contribution is 5.84. The Bertz CT molecular complexity index is 400. The smallest absolute Gasteiger partial charge is 0.411 e. The number of nitrogens with one attached hydrogen (secondary N) is 3. The lowest BCUT2D eigenvalue weighted by atomic mass is 10.1. The molecule has 0 aliphatic carbocycles. The molecule has 104 valence electrons. The number of amides is 1. The number of anilines is 2. The fourth-order valence-electron chi connectivity index (χ4n) is 2.15. The summed E-state index contributed by atoms with van der Waals surface area (Å²) < 4.78 is 4.82. The van der Waals surface area contributed by atoms with E-state index in [0.717, 1.165) is 24.5 Å². The van der Waals surface area contributed by atoms with Crippen molar-refractivity contribution < 1.29 is 9.53 Å². The lowest BCUT2D eigenvalue weighted by Gasteiger charge is -2.24. The van der Waals surface area contributed by atoms with Gasteiger partial charge in [-0.05, 0) is 50.6 Å². The largest absolute Gasteiger partial charge is 0.450 e. The molecule has 2 rings (SSSR count). The molecule has 1 amide bonds. The van der Waals surface area contributed by atoms with Gasteiger partial charge in [0.05, 0.1) is 6.61 Å². The van der Waals surface area contributed by atoms with Gasteiger partial charge in [0.1, 0.15) is 0 Å². The molecule has 0 bridgehead atoms. The van der Waals surface area contributed by atoms with Crippen LogP contribution in [0.4, 0.5) is 16.2 Å². The summed E-state index contributed by atoms with van der Waals surface area (Å²) in [4.78, 5) is 11.3. The van der Waals surface area contributed by atoms with E-state index in [2.05, 4.69) is 16.0 Å². The summed E-state index contributed by atoms with van der Waals surface area (Å²) in [7, 11) is 0. The normalized spacial score (nSPS) is 18.7. The van der Waals surface area contributed by atoms with Crippen LogP contribution in [0.25, 0.3) is 0 Å². The zero-order chi connectivity index (χ0) is 13.5. The van der Waals surface area contributed by atoms with Crippen molar-refractivity contribution in [1.29, 1.82) is 0 Å². The van der Waals surface area contributed by atoms with E-state index in [-0.39, 0.29) is 0 Å². The zero-order valence-electron chi connectivity index (χ0n) is 11.2. The van der Waals surface area contributed by atoms with Gasteiger partial charge in [0.2, 0.25) is 0 Å². The Morgan fingerprint density at radius 2 is 2.11 bits per heavy atom. The van der Waals surface area contributed by atoms with Crippen LogP contribution >= 0.6 is 0 Å². The molecule has 1 aliphatic heterocycles. The molecular weight excluding hydrogens is 242 g/mol. The summed E-state index contributed by atoms with van der Waals surface area (Å²) in [5.74, 6) is 0.